The van der Waals surface area contributed by atoms with Crippen molar-refractivity contribution in [3.05, 3.63) is 42.0 Å². The molecule has 0 aliphatic carbocycles. The lowest BCUT2D eigenvalue weighted by molar-refractivity contribution is -0.121. The van der Waals surface area contributed by atoms with Crippen LogP contribution >= 0.6 is 11.3 Å². The minimum absolute atomic E-state index is 0.184. The highest BCUT2D eigenvalue weighted by atomic mass is 32.1. The van der Waals surface area contributed by atoms with E-state index in [9.17, 15) is 14.4 Å². The number of amides is 3. The minimum atomic E-state index is -0.262. The van der Waals surface area contributed by atoms with Crippen LogP contribution in [0.25, 0.3) is 10.2 Å². The molecule has 2 aromatic carbocycles. The molecule has 1 fully saturated rings. The van der Waals surface area contributed by atoms with Gasteiger partial charge in [-0.15, -0.1) is 0 Å². The number of carbonyl (C=O) groups is 3. The Hall–Kier alpha value is -3.50. The topological polar surface area (TPSA) is 92.3 Å². The van der Waals surface area contributed by atoms with Gasteiger partial charge in [-0.2, -0.15) is 0 Å². The second kappa shape index (κ2) is 10.4. The van der Waals surface area contributed by atoms with Crippen LogP contribution in [0.5, 0.6) is 11.5 Å². The number of methoxy groups -OCH3 is 2. The molecule has 3 aromatic rings. The van der Waals surface area contributed by atoms with Gasteiger partial charge in [0.2, 0.25) is 11.8 Å². The normalized spacial score (nSPS) is 13.7. The SMILES string of the molecule is COc1ccc(OC)c2sc(N(CCCN(C)C)C(=O)c3cccc(N4C(=O)CCC4=O)c3)nc12. The summed E-state index contributed by atoms with van der Waals surface area (Å²) in [5.74, 6) is 0.470. The number of nitrogens with zero attached hydrogens (tertiary/aromatic N) is 4. The van der Waals surface area contributed by atoms with Gasteiger partial charge in [-0.3, -0.25) is 24.2 Å². The van der Waals surface area contributed by atoms with Crippen molar-refractivity contribution in [2.24, 2.45) is 0 Å². The first kappa shape index (κ1) is 24.6. The highest BCUT2D eigenvalue weighted by molar-refractivity contribution is 7.22. The molecule has 0 atom stereocenters. The van der Waals surface area contributed by atoms with Crippen molar-refractivity contribution >= 4 is 50.1 Å². The van der Waals surface area contributed by atoms with Gasteiger partial charge in [0.05, 0.1) is 19.9 Å². The Morgan fingerprint density at radius 1 is 1.03 bits per heavy atom. The number of hydrogen-bond acceptors (Lipinski definition) is 8. The van der Waals surface area contributed by atoms with Gasteiger partial charge in [-0.1, -0.05) is 17.4 Å². The summed E-state index contributed by atoms with van der Waals surface area (Å²) in [6, 6.07) is 10.2. The van der Waals surface area contributed by atoms with Gasteiger partial charge in [-0.25, -0.2) is 4.98 Å². The van der Waals surface area contributed by atoms with Crippen molar-refractivity contribution < 1.29 is 23.9 Å². The van der Waals surface area contributed by atoms with Crippen molar-refractivity contribution in [3.8, 4) is 11.5 Å². The summed E-state index contributed by atoms with van der Waals surface area (Å²) in [5.41, 5.74) is 1.40. The zero-order chi connectivity index (χ0) is 25.1. The lowest BCUT2D eigenvalue weighted by atomic mass is 10.1. The van der Waals surface area contributed by atoms with E-state index < -0.39 is 0 Å². The number of benzene rings is 2. The maximum absolute atomic E-state index is 13.8. The average Bonchev–Trinajstić information content (AvgIpc) is 3.44. The highest BCUT2D eigenvalue weighted by Crippen LogP contribution is 2.40. The molecule has 9 nitrogen and oxygen atoms in total. The molecule has 0 spiro atoms. The first-order chi connectivity index (χ1) is 16.8. The van der Waals surface area contributed by atoms with E-state index >= 15 is 0 Å². The Morgan fingerprint density at radius 3 is 2.37 bits per heavy atom. The molecule has 1 saturated heterocycles. The second-order valence-corrected chi connectivity index (χ2v) is 9.41. The van der Waals surface area contributed by atoms with Crippen molar-refractivity contribution in [2.45, 2.75) is 19.3 Å². The van der Waals surface area contributed by atoms with Crippen molar-refractivity contribution in [3.63, 3.8) is 0 Å². The molecule has 1 aromatic heterocycles. The number of fused-ring (bicyclic) bond motifs is 1. The number of aromatic nitrogens is 1. The quantitative estimate of drug-likeness (QED) is 0.418. The molecule has 1 aliphatic rings. The van der Waals surface area contributed by atoms with Crippen molar-refractivity contribution in [1.29, 1.82) is 0 Å². The van der Waals surface area contributed by atoms with Gasteiger partial charge in [0.15, 0.2) is 5.13 Å². The summed E-state index contributed by atoms with van der Waals surface area (Å²) >= 11 is 1.35. The third kappa shape index (κ3) is 4.98. The molecular weight excluding hydrogens is 468 g/mol. The molecule has 1 aliphatic heterocycles. The molecule has 4 rings (SSSR count). The lowest BCUT2D eigenvalue weighted by Crippen LogP contribution is -2.34. The number of thiazole rings is 1. The van der Waals surface area contributed by atoms with E-state index in [1.54, 1.807) is 49.5 Å². The molecule has 184 valence electrons. The fourth-order valence-corrected chi connectivity index (χ4v) is 5.12. The Kier molecular flexibility index (Phi) is 7.32. The minimum Gasteiger partial charge on any atom is -0.495 e. The van der Waals surface area contributed by atoms with E-state index in [0.717, 1.165) is 22.6 Å². The van der Waals surface area contributed by atoms with E-state index in [2.05, 4.69) is 4.90 Å². The Morgan fingerprint density at radius 2 is 1.71 bits per heavy atom. The van der Waals surface area contributed by atoms with Gasteiger partial charge in [0.1, 0.15) is 21.7 Å². The summed E-state index contributed by atoms with van der Waals surface area (Å²) in [6.07, 6.45) is 1.10. The molecule has 0 N–H and O–H groups in total. The lowest BCUT2D eigenvalue weighted by Gasteiger charge is -2.22. The molecule has 3 amide bonds. The summed E-state index contributed by atoms with van der Waals surface area (Å²) in [6.45, 7) is 1.23. The molecular formula is C25H28N4O5S. The summed E-state index contributed by atoms with van der Waals surface area (Å²) in [4.78, 5) is 47.8. The smallest absolute Gasteiger partial charge is 0.260 e. The van der Waals surface area contributed by atoms with Crippen LogP contribution in [-0.4, -0.2) is 69.0 Å². The van der Waals surface area contributed by atoms with Gasteiger partial charge in [0.25, 0.3) is 5.91 Å². The monoisotopic (exact) mass is 496 g/mol. The highest BCUT2D eigenvalue weighted by Gasteiger charge is 2.31. The Balaban J connectivity index is 1.73. The third-order valence-corrected chi connectivity index (χ3v) is 6.86. The van der Waals surface area contributed by atoms with Crippen LogP contribution in [0.1, 0.15) is 29.6 Å². The summed E-state index contributed by atoms with van der Waals surface area (Å²) in [5, 5.41) is 0.519. The molecule has 2 heterocycles. The molecule has 0 unspecified atom stereocenters. The Bertz CT molecular complexity index is 1210. The first-order valence-corrected chi connectivity index (χ1v) is 12.1. The van der Waals surface area contributed by atoms with E-state index in [-0.39, 0.29) is 30.6 Å². The van der Waals surface area contributed by atoms with Crippen LogP contribution in [-0.2, 0) is 9.59 Å². The number of hydrogen-bond donors (Lipinski definition) is 0. The van der Waals surface area contributed by atoms with Gasteiger partial charge < -0.3 is 14.4 Å². The van der Waals surface area contributed by atoms with Crippen LogP contribution in [0.2, 0.25) is 0 Å². The molecule has 0 saturated carbocycles. The second-order valence-electron chi connectivity index (χ2n) is 8.43. The summed E-state index contributed by atoms with van der Waals surface area (Å²) < 4.78 is 11.8. The van der Waals surface area contributed by atoms with E-state index in [1.807, 2.05) is 20.2 Å². The predicted molar refractivity (Wildman–Crippen MR) is 136 cm³/mol. The van der Waals surface area contributed by atoms with Crippen LogP contribution in [0.3, 0.4) is 0 Å². The summed E-state index contributed by atoms with van der Waals surface area (Å²) in [7, 11) is 7.13. The number of carbonyl (C=O) groups excluding carboxylic acids is 3. The zero-order valence-corrected chi connectivity index (χ0v) is 21.1. The average molecular weight is 497 g/mol. The number of imide groups is 1. The van der Waals surface area contributed by atoms with E-state index in [1.165, 1.54) is 11.3 Å². The van der Waals surface area contributed by atoms with E-state index in [0.29, 0.717) is 39.9 Å². The molecule has 10 heteroatoms. The largest absolute Gasteiger partial charge is 0.495 e. The van der Waals surface area contributed by atoms with Crippen LogP contribution < -0.4 is 19.3 Å². The van der Waals surface area contributed by atoms with Gasteiger partial charge in [-0.05, 0) is 57.4 Å². The maximum atomic E-state index is 13.8. The van der Waals surface area contributed by atoms with Crippen molar-refractivity contribution in [2.75, 3.05) is 51.2 Å². The first-order valence-electron chi connectivity index (χ1n) is 11.3. The number of rotatable bonds is 9. The fraction of sp³-hybridized carbons (Fsp3) is 0.360. The zero-order valence-electron chi connectivity index (χ0n) is 20.2. The van der Waals surface area contributed by atoms with E-state index in [4.69, 9.17) is 14.5 Å². The van der Waals surface area contributed by atoms with Crippen molar-refractivity contribution in [1.82, 2.24) is 9.88 Å². The van der Waals surface area contributed by atoms with Crippen LogP contribution in [0, 0.1) is 0 Å². The van der Waals surface area contributed by atoms with Gasteiger partial charge >= 0.3 is 0 Å². The standard InChI is InChI=1S/C25H28N4O5S/c1-27(2)13-6-14-28(25-26-22-18(33-3)9-10-19(34-4)23(22)35-25)24(32)16-7-5-8-17(15-16)29-20(30)11-12-21(29)31/h5,7-10,15H,6,11-14H2,1-4H3. The van der Waals surface area contributed by atoms with Gasteiger partial charge in [0, 0.05) is 24.9 Å². The Labute approximate surface area is 207 Å². The third-order valence-electron chi connectivity index (χ3n) is 5.76. The van der Waals surface area contributed by atoms with Crippen LogP contribution in [0.15, 0.2) is 36.4 Å². The number of ether oxygens (including phenoxy) is 2. The predicted octanol–water partition coefficient (Wildman–Crippen LogP) is 3.57. The fourth-order valence-electron chi connectivity index (χ4n) is 4.02. The maximum Gasteiger partial charge on any atom is 0.260 e. The molecule has 0 radical (unpaired) electrons. The number of anilines is 2. The molecule has 35 heavy (non-hydrogen) atoms. The molecule has 0 bridgehead atoms. The van der Waals surface area contributed by atoms with Crippen LogP contribution in [0.4, 0.5) is 10.8 Å².